The average Bonchev–Trinajstić information content (AvgIpc) is 2.94. The van der Waals surface area contributed by atoms with Crippen LogP contribution in [0.15, 0.2) is 18.2 Å². The molecule has 1 N–H and O–H groups in total. The molecular weight excluding hydrogens is 254 g/mol. The lowest BCUT2D eigenvalue weighted by Crippen LogP contribution is -2.40. The SMILES string of the molecule is Cc1cccc(O[C@@H](C)C(=O)NC[C@H]2CCCO2)c1C. The van der Waals surface area contributed by atoms with Crippen LogP contribution >= 0.6 is 0 Å². The van der Waals surface area contributed by atoms with Gasteiger partial charge >= 0.3 is 0 Å². The lowest BCUT2D eigenvalue weighted by atomic mass is 10.1. The second-order valence-corrected chi connectivity index (χ2v) is 5.34. The Bertz CT molecular complexity index is 467. The van der Waals surface area contributed by atoms with Crippen molar-refractivity contribution in [2.24, 2.45) is 0 Å². The van der Waals surface area contributed by atoms with Crippen LogP contribution in [0.25, 0.3) is 0 Å². The van der Waals surface area contributed by atoms with Gasteiger partial charge in [0.1, 0.15) is 5.75 Å². The van der Waals surface area contributed by atoms with E-state index < -0.39 is 6.10 Å². The molecule has 1 aliphatic rings. The lowest BCUT2D eigenvalue weighted by Gasteiger charge is -2.18. The molecule has 1 saturated heterocycles. The van der Waals surface area contributed by atoms with Crippen LogP contribution < -0.4 is 10.1 Å². The molecule has 0 bridgehead atoms. The predicted octanol–water partition coefficient (Wildman–Crippen LogP) is 2.37. The van der Waals surface area contributed by atoms with Crippen molar-refractivity contribution in [3.8, 4) is 5.75 Å². The highest BCUT2D eigenvalue weighted by molar-refractivity contribution is 5.80. The smallest absolute Gasteiger partial charge is 0.260 e. The topological polar surface area (TPSA) is 47.6 Å². The first-order valence-corrected chi connectivity index (χ1v) is 7.20. The van der Waals surface area contributed by atoms with Gasteiger partial charge < -0.3 is 14.8 Å². The van der Waals surface area contributed by atoms with Crippen molar-refractivity contribution in [2.45, 2.75) is 45.8 Å². The second-order valence-electron chi connectivity index (χ2n) is 5.34. The Morgan fingerprint density at radius 3 is 3.00 bits per heavy atom. The molecule has 1 aliphatic heterocycles. The highest BCUT2D eigenvalue weighted by Crippen LogP contribution is 2.21. The van der Waals surface area contributed by atoms with Gasteiger partial charge in [-0.25, -0.2) is 0 Å². The molecule has 4 heteroatoms. The number of hydrogen-bond donors (Lipinski definition) is 1. The number of rotatable bonds is 5. The summed E-state index contributed by atoms with van der Waals surface area (Å²) >= 11 is 0. The van der Waals surface area contributed by atoms with Crippen LogP contribution in [0, 0.1) is 13.8 Å². The number of ether oxygens (including phenoxy) is 2. The normalized spacial score (nSPS) is 19.6. The summed E-state index contributed by atoms with van der Waals surface area (Å²) in [5, 5.41) is 2.89. The van der Waals surface area contributed by atoms with Gasteiger partial charge in [0.25, 0.3) is 5.91 Å². The van der Waals surface area contributed by atoms with E-state index in [1.54, 1.807) is 6.92 Å². The summed E-state index contributed by atoms with van der Waals surface area (Å²) in [5.74, 6) is 0.672. The summed E-state index contributed by atoms with van der Waals surface area (Å²) in [6, 6.07) is 5.87. The van der Waals surface area contributed by atoms with Crippen LogP contribution in [0.2, 0.25) is 0 Å². The Balaban J connectivity index is 1.85. The molecule has 0 aliphatic carbocycles. The summed E-state index contributed by atoms with van der Waals surface area (Å²) in [6.45, 7) is 7.17. The van der Waals surface area contributed by atoms with Crippen molar-refractivity contribution in [1.82, 2.24) is 5.32 Å². The van der Waals surface area contributed by atoms with Crippen molar-refractivity contribution in [1.29, 1.82) is 0 Å². The van der Waals surface area contributed by atoms with E-state index in [1.165, 1.54) is 0 Å². The molecule has 1 amide bonds. The Labute approximate surface area is 120 Å². The van der Waals surface area contributed by atoms with Gasteiger partial charge in [-0.2, -0.15) is 0 Å². The van der Waals surface area contributed by atoms with Gasteiger partial charge in [-0.3, -0.25) is 4.79 Å². The molecular formula is C16H23NO3. The first-order chi connectivity index (χ1) is 9.58. The molecule has 4 nitrogen and oxygen atoms in total. The van der Waals surface area contributed by atoms with Gasteiger partial charge in [0.2, 0.25) is 0 Å². The number of hydrogen-bond acceptors (Lipinski definition) is 3. The van der Waals surface area contributed by atoms with E-state index in [-0.39, 0.29) is 12.0 Å². The van der Waals surface area contributed by atoms with E-state index in [0.717, 1.165) is 36.3 Å². The molecule has 2 rings (SSSR count). The Morgan fingerprint density at radius 2 is 2.30 bits per heavy atom. The van der Waals surface area contributed by atoms with Crippen molar-refractivity contribution in [3.63, 3.8) is 0 Å². The van der Waals surface area contributed by atoms with Gasteiger partial charge in [0, 0.05) is 13.2 Å². The van der Waals surface area contributed by atoms with Crippen LogP contribution in [0.3, 0.4) is 0 Å². The van der Waals surface area contributed by atoms with E-state index in [2.05, 4.69) is 5.32 Å². The van der Waals surface area contributed by atoms with E-state index in [4.69, 9.17) is 9.47 Å². The Morgan fingerprint density at radius 1 is 1.50 bits per heavy atom. The minimum Gasteiger partial charge on any atom is -0.481 e. The molecule has 0 radical (unpaired) electrons. The van der Waals surface area contributed by atoms with Crippen LogP contribution in [0.4, 0.5) is 0 Å². The summed E-state index contributed by atoms with van der Waals surface area (Å²) in [6.07, 6.45) is 1.76. The van der Waals surface area contributed by atoms with Gasteiger partial charge in [0.05, 0.1) is 6.10 Å². The van der Waals surface area contributed by atoms with Crippen LogP contribution in [-0.4, -0.2) is 31.3 Å². The molecule has 2 atom stereocenters. The standard InChI is InChI=1S/C16H23NO3/c1-11-6-4-8-15(12(11)2)20-13(3)16(18)17-10-14-7-5-9-19-14/h4,6,8,13-14H,5,7,9-10H2,1-3H3,(H,17,18)/t13-,14+/m0/s1. The average molecular weight is 277 g/mol. The first-order valence-electron chi connectivity index (χ1n) is 7.20. The lowest BCUT2D eigenvalue weighted by molar-refractivity contribution is -0.127. The molecule has 1 aromatic rings. The van der Waals surface area contributed by atoms with Gasteiger partial charge in [-0.15, -0.1) is 0 Å². The molecule has 1 heterocycles. The van der Waals surface area contributed by atoms with Crippen molar-refractivity contribution in [2.75, 3.05) is 13.2 Å². The molecule has 0 spiro atoms. The number of benzene rings is 1. The quantitative estimate of drug-likeness (QED) is 0.899. The first kappa shape index (κ1) is 14.9. The van der Waals surface area contributed by atoms with Gasteiger partial charge in [-0.05, 0) is 50.8 Å². The monoisotopic (exact) mass is 277 g/mol. The third-order valence-corrected chi connectivity index (χ3v) is 3.76. The molecule has 0 unspecified atom stereocenters. The molecule has 110 valence electrons. The largest absolute Gasteiger partial charge is 0.481 e. The van der Waals surface area contributed by atoms with Crippen LogP contribution in [-0.2, 0) is 9.53 Å². The summed E-state index contributed by atoms with van der Waals surface area (Å²) in [5.41, 5.74) is 2.24. The third-order valence-electron chi connectivity index (χ3n) is 3.76. The van der Waals surface area contributed by atoms with Gasteiger partial charge in [-0.1, -0.05) is 12.1 Å². The van der Waals surface area contributed by atoms with Gasteiger partial charge in [0.15, 0.2) is 6.10 Å². The third kappa shape index (κ3) is 3.73. The second kappa shape index (κ2) is 6.75. The summed E-state index contributed by atoms with van der Waals surface area (Å²) < 4.78 is 11.2. The highest BCUT2D eigenvalue weighted by Gasteiger charge is 2.20. The number of carbonyl (C=O) groups is 1. The molecule has 1 fully saturated rings. The van der Waals surface area contributed by atoms with Crippen molar-refractivity contribution in [3.05, 3.63) is 29.3 Å². The maximum atomic E-state index is 12.0. The highest BCUT2D eigenvalue weighted by atomic mass is 16.5. The van der Waals surface area contributed by atoms with E-state index in [0.29, 0.717) is 6.54 Å². The molecule has 20 heavy (non-hydrogen) atoms. The van der Waals surface area contributed by atoms with E-state index in [9.17, 15) is 4.79 Å². The number of amides is 1. The Kier molecular flexibility index (Phi) is 5.01. The zero-order chi connectivity index (χ0) is 14.5. The van der Waals surface area contributed by atoms with E-state index >= 15 is 0 Å². The summed E-state index contributed by atoms with van der Waals surface area (Å²) in [4.78, 5) is 12.0. The maximum absolute atomic E-state index is 12.0. The van der Waals surface area contributed by atoms with Crippen molar-refractivity contribution < 1.29 is 14.3 Å². The predicted molar refractivity (Wildman–Crippen MR) is 78.0 cm³/mol. The molecule has 0 saturated carbocycles. The number of nitrogens with one attached hydrogen (secondary N) is 1. The fourth-order valence-electron chi connectivity index (χ4n) is 2.26. The number of carbonyl (C=O) groups excluding carboxylic acids is 1. The molecule has 1 aromatic carbocycles. The fourth-order valence-corrected chi connectivity index (χ4v) is 2.26. The van der Waals surface area contributed by atoms with Crippen LogP contribution in [0.1, 0.15) is 30.9 Å². The van der Waals surface area contributed by atoms with Crippen molar-refractivity contribution >= 4 is 5.91 Å². The maximum Gasteiger partial charge on any atom is 0.260 e. The molecule has 0 aromatic heterocycles. The minimum absolute atomic E-state index is 0.0959. The zero-order valence-electron chi connectivity index (χ0n) is 12.4. The Hall–Kier alpha value is -1.55. The number of aryl methyl sites for hydroxylation is 1. The van der Waals surface area contributed by atoms with Crippen LogP contribution in [0.5, 0.6) is 5.75 Å². The van der Waals surface area contributed by atoms with E-state index in [1.807, 2.05) is 32.0 Å². The summed E-state index contributed by atoms with van der Waals surface area (Å²) in [7, 11) is 0. The zero-order valence-corrected chi connectivity index (χ0v) is 12.4. The minimum atomic E-state index is -0.503. The fraction of sp³-hybridized carbons (Fsp3) is 0.562.